The van der Waals surface area contributed by atoms with Crippen molar-refractivity contribution in [2.24, 2.45) is 5.92 Å². The van der Waals surface area contributed by atoms with E-state index < -0.39 is 5.97 Å². The Morgan fingerprint density at radius 3 is 2.68 bits per heavy atom. The number of hydrogen-bond acceptors (Lipinski definition) is 2. The van der Waals surface area contributed by atoms with E-state index in [4.69, 9.17) is 0 Å². The molecule has 0 radical (unpaired) electrons. The van der Waals surface area contributed by atoms with Crippen LogP contribution in [-0.4, -0.2) is 34.6 Å². The normalized spacial score (nSPS) is 25.4. The summed E-state index contributed by atoms with van der Waals surface area (Å²) in [5.74, 6) is -0.447. The summed E-state index contributed by atoms with van der Waals surface area (Å²) >= 11 is 3.43. The minimum Gasteiger partial charge on any atom is -0.480 e. The third-order valence-electron chi connectivity index (χ3n) is 4.00. The van der Waals surface area contributed by atoms with Gasteiger partial charge in [-0.15, -0.1) is 0 Å². The second-order valence-electron chi connectivity index (χ2n) is 5.47. The lowest BCUT2D eigenvalue weighted by Gasteiger charge is -2.29. The van der Waals surface area contributed by atoms with Crippen LogP contribution in [0.5, 0.6) is 0 Å². The molecule has 1 aromatic carbocycles. The van der Waals surface area contributed by atoms with Crippen molar-refractivity contribution in [2.45, 2.75) is 38.8 Å². The maximum absolute atomic E-state index is 11.4. The SMILES string of the molecule is CC1CCN(C(C)Cc2ccc(Br)cc2)C1C(=O)O. The Kier molecular flexibility index (Phi) is 4.63. The number of nitrogens with zero attached hydrogens (tertiary/aromatic N) is 1. The monoisotopic (exact) mass is 325 g/mol. The molecule has 19 heavy (non-hydrogen) atoms. The Morgan fingerprint density at radius 2 is 2.11 bits per heavy atom. The first kappa shape index (κ1) is 14.5. The van der Waals surface area contributed by atoms with Crippen LogP contribution in [0.1, 0.15) is 25.8 Å². The number of carboxylic acids is 1. The molecule has 1 aliphatic rings. The molecule has 0 bridgehead atoms. The van der Waals surface area contributed by atoms with E-state index in [-0.39, 0.29) is 18.0 Å². The maximum atomic E-state index is 11.4. The molecular formula is C15H20BrNO2. The fourth-order valence-electron chi connectivity index (χ4n) is 2.94. The van der Waals surface area contributed by atoms with Crippen LogP contribution in [0.25, 0.3) is 0 Å². The van der Waals surface area contributed by atoms with E-state index in [1.807, 2.05) is 19.1 Å². The number of likely N-dealkylation sites (tertiary alicyclic amines) is 1. The molecule has 4 heteroatoms. The first-order chi connectivity index (χ1) is 8.99. The Labute approximate surface area is 122 Å². The molecule has 104 valence electrons. The molecule has 0 saturated carbocycles. The lowest BCUT2D eigenvalue weighted by molar-refractivity contribution is -0.144. The second kappa shape index (κ2) is 6.06. The molecule has 1 fully saturated rings. The van der Waals surface area contributed by atoms with E-state index in [2.05, 4.69) is 39.9 Å². The van der Waals surface area contributed by atoms with Crippen molar-refractivity contribution in [2.75, 3.05) is 6.54 Å². The van der Waals surface area contributed by atoms with Crippen molar-refractivity contribution in [1.29, 1.82) is 0 Å². The lowest BCUT2D eigenvalue weighted by Crippen LogP contribution is -2.44. The predicted molar refractivity (Wildman–Crippen MR) is 79.2 cm³/mol. The van der Waals surface area contributed by atoms with Gasteiger partial charge in [0.2, 0.25) is 0 Å². The van der Waals surface area contributed by atoms with E-state index >= 15 is 0 Å². The van der Waals surface area contributed by atoms with E-state index in [0.717, 1.165) is 23.9 Å². The van der Waals surface area contributed by atoms with Crippen molar-refractivity contribution < 1.29 is 9.90 Å². The zero-order chi connectivity index (χ0) is 14.0. The third kappa shape index (κ3) is 3.37. The minimum atomic E-state index is -0.687. The predicted octanol–water partition coefficient (Wildman–Crippen LogP) is 3.18. The van der Waals surface area contributed by atoms with E-state index in [1.54, 1.807) is 0 Å². The molecule has 3 unspecified atom stereocenters. The van der Waals surface area contributed by atoms with Gasteiger partial charge in [0.1, 0.15) is 6.04 Å². The van der Waals surface area contributed by atoms with E-state index in [0.29, 0.717) is 0 Å². The quantitative estimate of drug-likeness (QED) is 0.924. The smallest absolute Gasteiger partial charge is 0.321 e. The van der Waals surface area contributed by atoms with Crippen LogP contribution in [-0.2, 0) is 11.2 Å². The summed E-state index contributed by atoms with van der Waals surface area (Å²) in [7, 11) is 0. The zero-order valence-electron chi connectivity index (χ0n) is 11.3. The van der Waals surface area contributed by atoms with Crippen LogP contribution >= 0.6 is 15.9 Å². The van der Waals surface area contributed by atoms with Gasteiger partial charge in [-0.2, -0.15) is 0 Å². The second-order valence-corrected chi connectivity index (χ2v) is 6.38. The highest BCUT2D eigenvalue weighted by atomic mass is 79.9. The molecule has 0 amide bonds. The van der Waals surface area contributed by atoms with Gasteiger partial charge < -0.3 is 5.11 Å². The third-order valence-corrected chi connectivity index (χ3v) is 4.53. The molecule has 2 rings (SSSR count). The molecule has 1 aromatic rings. The Morgan fingerprint density at radius 1 is 1.47 bits per heavy atom. The molecule has 0 aromatic heterocycles. The molecular weight excluding hydrogens is 306 g/mol. The average molecular weight is 326 g/mol. The zero-order valence-corrected chi connectivity index (χ0v) is 12.9. The van der Waals surface area contributed by atoms with Crippen LogP contribution < -0.4 is 0 Å². The van der Waals surface area contributed by atoms with Crippen molar-refractivity contribution in [3.8, 4) is 0 Å². The Balaban J connectivity index is 2.05. The van der Waals surface area contributed by atoms with Gasteiger partial charge in [0.15, 0.2) is 0 Å². The molecule has 1 aliphatic heterocycles. The molecule has 3 atom stereocenters. The van der Waals surface area contributed by atoms with Gasteiger partial charge in [-0.1, -0.05) is 35.0 Å². The summed E-state index contributed by atoms with van der Waals surface area (Å²) in [6.45, 7) is 5.04. The van der Waals surface area contributed by atoms with Gasteiger partial charge in [-0.3, -0.25) is 9.69 Å². The summed E-state index contributed by atoms with van der Waals surface area (Å²) in [6.07, 6.45) is 1.87. The highest BCUT2D eigenvalue weighted by Gasteiger charge is 2.38. The summed E-state index contributed by atoms with van der Waals surface area (Å²) in [4.78, 5) is 13.5. The number of rotatable bonds is 4. The van der Waals surface area contributed by atoms with Crippen LogP contribution in [0, 0.1) is 5.92 Å². The van der Waals surface area contributed by atoms with Crippen molar-refractivity contribution in [3.63, 3.8) is 0 Å². The van der Waals surface area contributed by atoms with Crippen LogP contribution in [0.2, 0.25) is 0 Å². The number of halogens is 1. The number of benzene rings is 1. The average Bonchev–Trinajstić information content (AvgIpc) is 2.74. The van der Waals surface area contributed by atoms with Crippen LogP contribution in [0.3, 0.4) is 0 Å². The molecule has 1 saturated heterocycles. The summed E-state index contributed by atoms with van der Waals surface area (Å²) in [5, 5.41) is 9.36. The number of carboxylic acid groups (broad SMARTS) is 1. The fourth-order valence-corrected chi connectivity index (χ4v) is 3.20. The van der Waals surface area contributed by atoms with Gasteiger partial charge in [0.25, 0.3) is 0 Å². The van der Waals surface area contributed by atoms with Gasteiger partial charge in [0.05, 0.1) is 0 Å². The van der Waals surface area contributed by atoms with Crippen LogP contribution in [0.15, 0.2) is 28.7 Å². The largest absolute Gasteiger partial charge is 0.480 e. The topological polar surface area (TPSA) is 40.5 Å². The van der Waals surface area contributed by atoms with Crippen molar-refractivity contribution in [3.05, 3.63) is 34.3 Å². The summed E-state index contributed by atoms with van der Waals surface area (Å²) < 4.78 is 1.07. The first-order valence-electron chi connectivity index (χ1n) is 6.72. The maximum Gasteiger partial charge on any atom is 0.321 e. The molecule has 1 N–H and O–H groups in total. The number of aliphatic carboxylic acids is 1. The van der Waals surface area contributed by atoms with Crippen molar-refractivity contribution >= 4 is 21.9 Å². The highest BCUT2D eigenvalue weighted by Crippen LogP contribution is 2.27. The van der Waals surface area contributed by atoms with Gasteiger partial charge in [-0.05, 0) is 49.9 Å². The summed E-state index contributed by atoms with van der Waals surface area (Å²) in [5.41, 5.74) is 1.25. The van der Waals surface area contributed by atoms with E-state index in [9.17, 15) is 9.90 Å². The highest BCUT2D eigenvalue weighted by molar-refractivity contribution is 9.10. The Hall–Kier alpha value is -0.870. The van der Waals surface area contributed by atoms with Gasteiger partial charge >= 0.3 is 5.97 Å². The first-order valence-corrected chi connectivity index (χ1v) is 7.51. The Bertz CT molecular complexity index is 446. The van der Waals surface area contributed by atoms with E-state index in [1.165, 1.54) is 5.56 Å². The van der Waals surface area contributed by atoms with Crippen LogP contribution in [0.4, 0.5) is 0 Å². The fraction of sp³-hybridized carbons (Fsp3) is 0.533. The molecule has 1 heterocycles. The molecule has 0 aliphatic carbocycles. The summed E-state index contributed by atoms with van der Waals surface area (Å²) in [6, 6.07) is 8.18. The molecule has 0 spiro atoms. The minimum absolute atomic E-state index is 0.241. The van der Waals surface area contributed by atoms with Crippen molar-refractivity contribution in [1.82, 2.24) is 4.90 Å². The lowest BCUT2D eigenvalue weighted by atomic mass is 10.0. The number of hydrogen-bond donors (Lipinski definition) is 1. The molecule has 3 nitrogen and oxygen atoms in total. The standard InChI is InChI=1S/C15H20BrNO2/c1-10-7-8-17(14(10)15(18)19)11(2)9-12-3-5-13(16)6-4-12/h3-6,10-11,14H,7-9H2,1-2H3,(H,18,19). The van der Waals surface area contributed by atoms with Gasteiger partial charge in [-0.25, -0.2) is 0 Å². The van der Waals surface area contributed by atoms with Gasteiger partial charge in [0, 0.05) is 10.5 Å². The number of carbonyl (C=O) groups is 1.